The van der Waals surface area contributed by atoms with Gasteiger partial charge in [0.15, 0.2) is 0 Å². The predicted molar refractivity (Wildman–Crippen MR) is 80.5 cm³/mol. The molecule has 2 N–H and O–H groups in total. The van der Waals surface area contributed by atoms with Gasteiger partial charge in [-0.1, -0.05) is 5.21 Å². The number of carbonyl (C=O) groups is 1. The topological polar surface area (TPSA) is 80.0 Å². The summed E-state index contributed by atoms with van der Waals surface area (Å²) < 4.78 is 1.82. The first-order valence-electron chi connectivity index (χ1n) is 6.77. The summed E-state index contributed by atoms with van der Waals surface area (Å²) in [4.78, 5) is 10.9. The molecule has 0 aliphatic heterocycles. The maximum Gasteiger partial charge on any atom is 0.335 e. The van der Waals surface area contributed by atoms with Gasteiger partial charge in [0.25, 0.3) is 0 Å². The first-order valence-corrected chi connectivity index (χ1v) is 6.77. The number of aromatic nitrogens is 3. The van der Waals surface area contributed by atoms with Gasteiger partial charge in [0.1, 0.15) is 5.69 Å². The third kappa shape index (κ3) is 3.59. The smallest absolute Gasteiger partial charge is 0.335 e. The van der Waals surface area contributed by atoms with Crippen LogP contribution in [0.3, 0.4) is 0 Å². The average Bonchev–Trinajstić information content (AvgIpc) is 2.85. The number of anilines is 1. The van der Waals surface area contributed by atoms with E-state index in [0.717, 1.165) is 16.9 Å². The van der Waals surface area contributed by atoms with Crippen molar-refractivity contribution in [3.63, 3.8) is 0 Å². The zero-order valence-electron chi connectivity index (χ0n) is 12.7. The Morgan fingerprint density at radius 2 is 2.10 bits per heavy atom. The van der Waals surface area contributed by atoms with E-state index in [1.165, 1.54) is 0 Å². The summed E-state index contributed by atoms with van der Waals surface area (Å²) in [5, 5.41) is 20.4. The van der Waals surface area contributed by atoms with Gasteiger partial charge >= 0.3 is 5.97 Å². The highest BCUT2D eigenvalue weighted by Gasteiger charge is 2.15. The number of hydrogen-bond donors (Lipinski definition) is 2. The summed E-state index contributed by atoms with van der Waals surface area (Å²) in [6.45, 7) is 8.61. The Labute approximate surface area is 123 Å². The fourth-order valence-electron chi connectivity index (χ4n) is 1.89. The van der Waals surface area contributed by atoms with E-state index in [2.05, 4.69) is 36.4 Å². The molecule has 0 unspecified atom stereocenters. The second kappa shape index (κ2) is 5.55. The molecule has 6 nitrogen and oxygen atoms in total. The van der Waals surface area contributed by atoms with E-state index in [1.807, 2.05) is 17.8 Å². The normalized spacial score (nSPS) is 11.4. The highest BCUT2D eigenvalue weighted by Crippen LogP contribution is 2.18. The third-order valence-electron chi connectivity index (χ3n) is 3.16. The SMILES string of the molecule is Cc1cc(C(=O)O)ccc1NCc1cn(C(C)(C)C)nn1. The number of hydrogen-bond acceptors (Lipinski definition) is 4. The molecule has 2 rings (SSSR count). The molecular weight excluding hydrogens is 268 g/mol. The Morgan fingerprint density at radius 3 is 2.62 bits per heavy atom. The second-order valence-electron chi connectivity index (χ2n) is 6.01. The minimum absolute atomic E-state index is 0.0930. The fourth-order valence-corrected chi connectivity index (χ4v) is 1.89. The fraction of sp³-hybridized carbons (Fsp3) is 0.400. The van der Waals surface area contributed by atoms with Gasteiger partial charge < -0.3 is 10.4 Å². The molecule has 0 saturated heterocycles. The number of carboxylic acids is 1. The highest BCUT2D eigenvalue weighted by molar-refractivity contribution is 5.88. The zero-order valence-corrected chi connectivity index (χ0v) is 12.7. The third-order valence-corrected chi connectivity index (χ3v) is 3.16. The number of nitrogens with zero attached hydrogens (tertiary/aromatic N) is 3. The van der Waals surface area contributed by atoms with E-state index in [-0.39, 0.29) is 11.1 Å². The van der Waals surface area contributed by atoms with E-state index < -0.39 is 5.97 Å². The Bertz CT molecular complexity index is 656. The lowest BCUT2D eigenvalue weighted by Crippen LogP contribution is -2.22. The van der Waals surface area contributed by atoms with Gasteiger partial charge in [-0.25, -0.2) is 9.48 Å². The van der Waals surface area contributed by atoms with Gasteiger partial charge in [-0.05, 0) is 51.5 Å². The molecule has 0 aliphatic carbocycles. The standard InChI is InChI=1S/C15H20N4O2/c1-10-7-11(14(20)21)5-6-13(10)16-8-12-9-19(18-17-12)15(2,3)4/h5-7,9,16H,8H2,1-4H3,(H,20,21). The Kier molecular flexibility index (Phi) is 3.97. The van der Waals surface area contributed by atoms with Crippen LogP contribution >= 0.6 is 0 Å². The first-order chi connectivity index (χ1) is 9.77. The van der Waals surface area contributed by atoms with Crippen molar-refractivity contribution < 1.29 is 9.90 Å². The van der Waals surface area contributed by atoms with Crippen LogP contribution in [0, 0.1) is 6.92 Å². The maximum absolute atomic E-state index is 10.9. The van der Waals surface area contributed by atoms with Crippen LogP contribution in [-0.4, -0.2) is 26.1 Å². The van der Waals surface area contributed by atoms with Crippen molar-refractivity contribution in [2.45, 2.75) is 39.8 Å². The Balaban J connectivity index is 2.06. The zero-order chi connectivity index (χ0) is 15.6. The summed E-state index contributed by atoms with van der Waals surface area (Å²) in [5.41, 5.74) is 2.82. The van der Waals surface area contributed by atoms with Crippen molar-refractivity contribution in [1.29, 1.82) is 0 Å². The van der Waals surface area contributed by atoms with Crippen molar-refractivity contribution >= 4 is 11.7 Å². The number of benzene rings is 1. The monoisotopic (exact) mass is 288 g/mol. The van der Waals surface area contributed by atoms with Crippen molar-refractivity contribution in [3.05, 3.63) is 41.2 Å². The van der Waals surface area contributed by atoms with Crippen LogP contribution in [0.1, 0.15) is 42.4 Å². The molecule has 0 aliphatic rings. The summed E-state index contributed by atoms with van der Waals surface area (Å²) in [5.74, 6) is -0.919. The minimum atomic E-state index is -0.919. The molecule has 0 atom stereocenters. The lowest BCUT2D eigenvalue weighted by atomic mass is 10.1. The molecule has 0 radical (unpaired) electrons. The molecule has 1 aromatic carbocycles. The Morgan fingerprint density at radius 1 is 1.38 bits per heavy atom. The lowest BCUT2D eigenvalue weighted by Gasteiger charge is -2.17. The minimum Gasteiger partial charge on any atom is -0.478 e. The summed E-state index contributed by atoms with van der Waals surface area (Å²) in [7, 11) is 0. The predicted octanol–water partition coefficient (Wildman–Crippen LogP) is 2.65. The molecule has 1 aromatic heterocycles. The molecule has 112 valence electrons. The van der Waals surface area contributed by atoms with Gasteiger partial charge in [0, 0.05) is 5.69 Å². The number of nitrogens with one attached hydrogen (secondary N) is 1. The second-order valence-corrected chi connectivity index (χ2v) is 6.01. The molecule has 0 saturated carbocycles. The quantitative estimate of drug-likeness (QED) is 0.904. The van der Waals surface area contributed by atoms with Gasteiger partial charge in [-0.2, -0.15) is 0 Å². The van der Waals surface area contributed by atoms with Gasteiger partial charge in [0.2, 0.25) is 0 Å². The summed E-state index contributed by atoms with van der Waals surface area (Å²) >= 11 is 0. The molecule has 21 heavy (non-hydrogen) atoms. The summed E-state index contributed by atoms with van der Waals surface area (Å²) in [6.07, 6.45) is 1.91. The van der Waals surface area contributed by atoms with Crippen LogP contribution in [0.2, 0.25) is 0 Å². The van der Waals surface area contributed by atoms with Crippen LogP contribution in [0.25, 0.3) is 0 Å². The van der Waals surface area contributed by atoms with Crippen LogP contribution in [0.15, 0.2) is 24.4 Å². The number of carboxylic acid groups (broad SMARTS) is 1. The van der Waals surface area contributed by atoms with E-state index in [0.29, 0.717) is 6.54 Å². The Hall–Kier alpha value is -2.37. The van der Waals surface area contributed by atoms with E-state index in [9.17, 15) is 4.79 Å². The van der Waals surface area contributed by atoms with Gasteiger partial charge in [0.05, 0.1) is 23.8 Å². The number of rotatable bonds is 4. The molecule has 1 heterocycles. The number of aryl methyl sites for hydroxylation is 1. The molecule has 2 aromatic rings. The van der Waals surface area contributed by atoms with E-state index in [1.54, 1.807) is 18.2 Å². The van der Waals surface area contributed by atoms with Crippen LogP contribution in [0.5, 0.6) is 0 Å². The lowest BCUT2D eigenvalue weighted by molar-refractivity contribution is 0.0697. The molecule has 0 fully saturated rings. The van der Waals surface area contributed by atoms with Crippen molar-refractivity contribution in [3.8, 4) is 0 Å². The van der Waals surface area contributed by atoms with Gasteiger partial charge in [-0.15, -0.1) is 5.10 Å². The summed E-state index contributed by atoms with van der Waals surface area (Å²) in [6, 6.07) is 5.01. The molecule has 0 amide bonds. The first kappa shape index (κ1) is 15.0. The van der Waals surface area contributed by atoms with Crippen LogP contribution in [0.4, 0.5) is 5.69 Å². The molecule has 6 heteroatoms. The average molecular weight is 288 g/mol. The van der Waals surface area contributed by atoms with E-state index >= 15 is 0 Å². The van der Waals surface area contributed by atoms with Gasteiger partial charge in [-0.3, -0.25) is 0 Å². The van der Waals surface area contributed by atoms with Crippen molar-refractivity contribution in [2.24, 2.45) is 0 Å². The highest BCUT2D eigenvalue weighted by atomic mass is 16.4. The van der Waals surface area contributed by atoms with Crippen molar-refractivity contribution in [2.75, 3.05) is 5.32 Å². The van der Waals surface area contributed by atoms with Crippen molar-refractivity contribution in [1.82, 2.24) is 15.0 Å². The molecule has 0 bridgehead atoms. The molecular formula is C15H20N4O2. The van der Waals surface area contributed by atoms with Crippen LogP contribution < -0.4 is 5.32 Å². The van der Waals surface area contributed by atoms with E-state index in [4.69, 9.17) is 5.11 Å². The van der Waals surface area contributed by atoms with Crippen LogP contribution in [-0.2, 0) is 12.1 Å². The maximum atomic E-state index is 10.9. The number of aromatic carboxylic acids is 1. The largest absolute Gasteiger partial charge is 0.478 e. The molecule has 0 spiro atoms.